The summed E-state index contributed by atoms with van der Waals surface area (Å²) in [7, 11) is 0. The van der Waals surface area contributed by atoms with Crippen LogP contribution >= 0.6 is 0 Å². The van der Waals surface area contributed by atoms with Crippen molar-refractivity contribution >= 4 is 16.7 Å². The molecule has 5 nitrogen and oxygen atoms in total. The van der Waals surface area contributed by atoms with Crippen molar-refractivity contribution < 1.29 is 4.79 Å². The third kappa shape index (κ3) is 4.20. The Morgan fingerprint density at radius 2 is 1.75 bits per heavy atom. The fraction of sp³-hybridized carbons (Fsp3) is 0.348. The molecule has 1 fully saturated rings. The second kappa shape index (κ2) is 8.48. The maximum absolute atomic E-state index is 12.6. The molecule has 2 heterocycles. The van der Waals surface area contributed by atoms with Crippen LogP contribution in [0.2, 0.25) is 0 Å². The predicted octanol–water partition coefficient (Wildman–Crippen LogP) is 3.45. The summed E-state index contributed by atoms with van der Waals surface area (Å²) in [5.74, 6) is 1.16. The third-order valence-electron chi connectivity index (χ3n) is 5.57. The highest BCUT2D eigenvalue weighted by Crippen LogP contribution is 2.22. The largest absolute Gasteiger partial charge is 0.310 e. The molecule has 0 radical (unpaired) electrons. The van der Waals surface area contributed by atoms with Crippen molar-refractivity contribution in [2.45, 2.75) is 25.7 Å². The van der Waals surface area contributed by atoms with E-state index in [1.54, 1.807) is 6.07 Å². The molecule has 28 heavy (non-hydrogen) atoms. The molecule has 0 amide bonds. The minimum Gasteiger partial charge on any atom is -0.310 e. The van der Waals surface area contributed by atoms with Gasteiger partial charge in [0.25, 0.3) is 5.56 Å². The van der Waals surface area contributed by atoms with E-state index in [2.05, 4.69) is 14.9 Å². The molecule has 0 bridgehead atoms. The summed E-state index contributed by atoms with van der Waals surface area (Å²) in [6.45, 7) is 2.86. The number of Topliss-reactive ketones (excluding diaryl/α,β-unsaturated/α-hetero) is 1. The van der Waals surface area contributed by atoms with Gasteiger partial charge in [0.1, 0.15) is 5.82 Å². The van der Waals surface area contributed by atoms with Gasteiger partial charge in [-0.25, -0.2) is 4.98 Å². The number of rotatable bonds is 6. The molecular formula is C23H25N3O2. The van der Waals surface area contributed by atoms with E-state index in [1.807, 2.05) is 48.5 Å². The summed E-state index contributed by atoms with van der Waals surface area (Å²) < 4.78 is 0. The summed E-state index contributed by atoms with van der Waals surface area (Å²) >= 11 is 0. The van der Waals surface area contributed by atoms with E-state index in [9.17, 15) is 9.59 Å². The van der Waals surface area contributed by atoms with Crippen LogP contribution in [-0.2, 0) is 6.42 Å². The Labute approximate surface area is 164 Å². The average molecular weight is 375 g/mol. The van der Waals surface area contributed by atoms with Gasteiger partial charge in [0, 0.05) is 17.9 Å². The Bertz CT molecular complexity index is 1010. The van der Waals surface area contributed by atoms with E-state index in [0.717, 1.165) is 62.2 Å². The molecule has 1 aromatic heterocycles. The number of aromatic amines is 1. The maximum Gasteiger partial charge on any atom is 0.258 e. The molecule has 144 valence electrons. The number of carbonyl (C=O) groups excluding carboxylic acids is 1. The minimum absolute atomic E-state index is 0.0687. The van der Waals surface area contributed by atoms with Crippen LogP contribution in [0.3, 0.4) is 0 Å². The lowest BCUT2D eigenvalue weighted by Crippen LogP contribution is -2.37. The summed E-state index contributed by atoms with van der Waals surface area (Å²) in [6, 6.07) is 17.0. The molecule has 1 saturated heterocycles. The van der Waals surface area contributed by atoms with Crippen molar-refractivity contribution in [2.75, 3.05) is 19.6 Å². The zero-order chi connectivity index (χ0) is 19.3. The molecule has 0 unspecified atom stereocenters. The Hall–Kier alpha value is -2.79. The lowest BCUT2D eigenvalue weighted by atomic mass is 9.89. The fourth-order valence-electron chi connectivity index (χ4n) is 3.98. The molecule has 5 heteroatoms. The third-order valence-corrected chi connectivity index (χ3v) is 5.57. The fourth-order valence-corrected chi connectivity index (χ4v) is 3.98. The Kier molecular flexibility index (Phi) is 5.63. The number of aromatic nitrogens is 2. The molecule has 1 aliphatic heterocycles. The van der Waals surface area contributed by atoms with Crippen LogP contribution in [0.4, 0.5) is 0 Å². The highest BCUT2D eigenvalue weighted by Gasteiger charge is 2.25. The minimum atomic E-state index is -0.0687. The van der Waals surface area contributed by atoms with Crippen LogP contribution in [0.15, 0.2) is 59.4 Å². The standard InChI is InChI=1S/C23H25N3O2/c27-22(17-7-2-1-3-8-17)18-12-15-26(16-13-18)14-6-11-21-24-20-10-5-4-9-19(20)23(28)25-21/h1-5,7-10,18H,6,11-16H2,(H,24,25,28). The number of fused-ring (bicyclic) bond motifs is 1. The molecule has 0 aliphatic carbocycles. The van der Waals surface area contributed by atoms with E-state index in [-0.39, 0.29) is 17.3 Å². The molecule has 1 N–H and O–H groups in total. The number of piperidine rings is 1. The zero-order valence-electron chi connectivity index (χ0n) is 15.9. The second-order valence-corrected chi connectivity index (χ2v) is 7.48. The highest BCUT2D eigenvalue weighted by atomic mass is 16.1. The van der Waals surface area contributed by atoms with E-state index >= 15 is 0 Å². The number of nitrogens with one attached hydrogen (secondary N) is 1. The number of aryl methyl sites for hydroxylation is 1. The lowest BCUT2D eigenvalue weighted by molar-refractivity contribution is 0.0839. The molecule has 2 aromatic carbocycles. The van der Waals surface area contributed by atoms with E-state index in [1.165, 1.54) is 0 Å². The molecule has 4 rings (SSSR count). The highest BCUT2D eigenvalue weighted by molar-refractivity contribution is 5.97. The van der Waals surface area contributed by atoms with Crippen molar-refractivity contribution in [3.05, 3.63) is 76.3 Å². The van der Waals surface area contributed by atoms with E-state index < -0.39 is 0 Å². The Balaban J connectivity index is 1.27. The quantitative estimate of drug-likeness (QED) is 0.670. The van der Waals surface area contributed by atoms with Gasteiger partial charge < -0.3 is 9.88 Å². The Morgan fingerprint density at radius 3 is 2.54 bits per heavy atom. The van der Waals surface area contributed by atoms with Crippen molar-refractivity contribution in [1.29, 1.82) is 0 Å². The van der Waals surface area contributed by atoms with Crippen LogP contribution in [-0.4, -0.2) is 40.3 Å². The predicted molar refractivity (Wildman–Crippen MR) is 111 cm³/mol. The first-order valence-electron chi connectivity index (χ1n) is 10.0. The summed E-state index contributed by atoms with van der Waals surface area (Å²) in [5, 5.41) is 0.636. The van der Waals surface area contributed by atoms with Gasteiger partial charge in [-0.2, -0.15) is 0 Å². The summed E-state index contributed by atoms with van der Waals surface area (Å²) in [4.78, 5) is 34.6. The van der Waals surface area contributed by atoms with Crippen molar-refractivity contribution in [1.82, 2.24) is 14.9 Å². The average Bonchev–Trinajstić information content (AvgIpc) is 2.74. The molecular weight excluding hydrogens is 350 g/mol. The first kappa shape index (κ1) is 18.6. The van der Waals surface area contributed by atoms with Gasteiger partial charge >= 0.3 is 0 Å². The number of hydrogen-bond donors (Lipinski definition) is 1. The number of carbonyl (C=O) groups is 1. The number of nitrogens with zero attached hydrogens (tertiary/aromatic N) is 2. The summed E-state index contributed by atoms with van der Waals surface area (Å²) in [5.41, 5.74) is 1.51. The van der Waals surface area contributed by atoms with Gasteiger partial charge in [-0.05, 0) is 51.0 Å². The molecule has 1 aliphatic rings. The molecule has 0 saturated carbocycles. The van der Waals surface area contributed by atoms with Crippen molar-refractivity contribution in [3.63, 3.8) is 0 Å². The van der Waals surface area contributed by atoms with Gasteiger partial charge in [0.05, 0.1) is 10.9 Å². The number of ketones is 1. The van der Waals surface area contributed by atoms with Gasteiger partial charge in [0.15, 0.2) is 5.78 Å². The first-order chi connectivity index (χ1) is 13.7. The smallest absolute Gasteiger partial charge is 0.258 e. The van der Waals surface area contributed by atoms with Gasteiger partial charge in [-0.3, -0.25) is 9.59 Å². The van der Waals surface area contributed by atoms with Crippen molar-refractivity contribution in [2.24, 2.45) is 5.92 Å². The maximum atomic E-state index is 12.6. The molecule has 0 atom stereocenters. The molecule has 3 aromatic rings. The number of para-hydroxylation sites is 1. The van der Waals surface area contributed by atoms with Crippen LogP contribution < -0.4 is 5.56 Å². The van der Waals surface area contributed by atoms with Crippen molar-refractivity contribution in [3.8, 4) is 0 Å². The number of benzene rings is 2. The van der Waals surface area contributed by atoms with Gasteiger partial charge in [-0.1, -0.05) is 42.5 Å². The van der Waals surface area contributed by atoms with Crippen LogP contribution in [0.1, 0.15) is 35.4 Å². The second-order valence-electron chi connectivity index (χ2n) is 7.48. The molecule has 0 spiro atoms. The normalized spacial score (nSPS) is 15.7. The topological polar surface area (TPSA) is 66.1 Å². The SMILES string of the molecule is O=C(c1ccccc1)C1CCN(CCCc2nc3ccccc3c(=O)[nH]2)CC1. The number of likely N-dealkylation sites (tertiary alicyclic amines) is 1. The lowest BCUT2D eigenvalue weighted by Gasteiger charge is -2.31. The van der Waals surface area contributed by atoms with Gasteiger partial charge in [0.2, 0.25) is 0 Å². The van der Waals surface area contributed by atoms with Crippen LogP contribution in [0.5, 0.6) is 0 Å². The first-order valence-corrected chi connectivity index (χ1v) is 10.0. The van der Waals surface area contributed by atoms with Crippen LogP contribution in [0, 0.1) is 5.92 Å². The zero-order valence-corrected chi connectivity index (χ0v) is 15.9. The van der Waals surface area contributed by atoms with E-state index in [4.69, 9.17) is 0 Å². The summed E-state index contributed by atoms with van der Waals surface area (Å²) in [6.07, 6.45) is 3.53. The van der Waals surface area contributed by atoms with E-state index in [0.29, 0.717) is 5.39 Å². The monoisotopic (exact) mass is 375 g/mol. The number of hydrogen-bond acceptors (Lipinski definition) is 4. The Morgan fingerprint density at radius 1 is 1.04 bits per heavy atom. The number of H-pyrrole nitrogens is 1. The van der Waals surface area contributed by atoms with Gasteiger partial charge in [-0.15, -0.1) is 0 Å². The van der Waals surface area contributed by atoms with Crippen LogP contribution in [0.25, 0.3) is 10.9 Å².